The number of hydrogen-bond donors (Lipinski definition) is 0. The molecule has 0 fully saturated rings. The zero-order valence-electron chi connectivity index (χ0n) is 17.5. The van der Waals surface area contributed by atoms with Gasteiger partial charge in [0.1, 0.15) is 0 Å². The van der Waals surface area contributed by atoms with Gasteiger partial charge in [0.2, 0.25) is 5.75 Å². The van der Waals surface area contributed by atoms with Crippen LogP contribution in [0.25, 0.3) is 5.70 Å². The van der Waals surface area contributed by atoms with Crippen LogP contribution in [0.4, 0.5) is 0 Å². The lowest BCUT2D eigenvalue weighted by Crippen LogP contribution is -2.30. The maximum absolute atomic E-state index is 5.54. The van der Waals surface area contributed by atoms with E-state index in [1.807, 2.05) is 12.1 Å². The van der Waals surface area contributed by atoms with Gasteiger partial charge in [0.05, 0.1) is 33.1 Å². The summed E-state index contributed by atoms with van der Waals surface area (Å²) in [5.41, 5.74) is 5.36. The van der Waals surface area contributed by atoms with Gasteiger partial charge in [-0.25, -0.2) is 4.99 Å². The predicted molar refractivity (Wildman–Crippen MR) is 126 cm³/mol. The second-order valence-corrected chi connectivity index (χ2v) is 8.77. The highest BCUT2D eigenvalue weighted by atomic mass is 79.9. The molecule has 0 aromatic heterocycles. The maximum Gasteiger partial charge on any atom is 0.203 e. The first kappa shape index (κ1) is 20.9. The zero-order valence-corrected chi connectivity index (χ0v) is 19.9. The SMILES string of the molecule is COc1cc(C2=CC(c3ccc(C)cc3Br)N3C(C)=CSC3=N2)cc(OC)c1OC. The third-order valence-corrected chi connectivity index (χ3v) is 6.81. The van der Waals surface area contributed by atoms with Crippen molar-refractivity contribution in [1.82, 2.24) is 4.90 Å². The van der Waals surface area contributed by atoms with E-state index in [9.17, 15) is 0 Å². The highest BCUT2D eigenvalue weighted by Gasteiger charge is 2.33. The molecule has 2 aromatic carbocycles. The Morgan fingerprint density at radius 3 is 2.30 bits per heavy atom. The summed E-state index contributed by atoms with van der Waals surface area (Å²) in [5.74, 6) is 1.79. The summed E-state index contributed by atoms with van der Waals surface area (Å²) < 4.78 is 17.6. The number of thioether (sulfide) groups is 1. The summed E-state index contributed by atoms with van der Waals surface area (Å²) in [7, 11) is 4.85. The number of amidine groups is 1. The number of fused-ring (bicyclic) bond motifs is 1. The molecule has 4 rings (SSSR count). The fourth-order valence-electron chi connectivity index (χ4n) is 3.68. The van der Waals surface area contributed by atoms with Crippen molar-refractivity contribution in [3.05, 3.63) is 68.7 Å². The Morgan fingerprint density at radius 2 is 1.70 bits per heavy atom. The minimum Gasteiger partial charge on any atom is -0.493 e. The summed E-state index contributed by atoms with van der Waals surface area (Å²) in [6.07, 6.45) is 2.18. The zero-order chi connectivity index (χ0) is 21.4. The van der Waals surface area contributed by atoms with Gasteiger partial charge in [0.15, 0.2) is 16.7 Å². The van der Waals surface area contributed by atoms with Crippen LogP contribution in [0, 0.1) is 6.92 Å². The van der Waals surface area contributed by atoms with E-state index in [2.05, 4.69) is 64.4 Å². The van der Waals surface area contributed by atoms with E-state index in [1.165, 1.54) is 16.8 Å². The number of benzene rings is 2. The normalized spacial score (nSPS) is 17.7. The number of hydrogen-bond acceptors (Lipinski definition) is 6. The van der Waals surface area contributed by atoms with Crippen molar-refractivity contribution in [2.75, 3.05) is 21.3 Å². The van der Waals surface area contributed by atoms with E-state index in [1.54, 1.807) is 33.1 Å². The van der Waals surface area contributed by atoms with Gasteiger partial charge in [-0.2, -0.15) is 0 Å². The molecule has 0 spiro atoms. The molecule has 0 aliphatic carbocycles. The molecule has 30 heavy (non-hydrogen) atoms. The fraction of sp³-hybridized carbons (Fsp3) is 0.261. The van der Waals surface area contributed by atoms with Gasteiger partial charge in [-0.15, -0.1) is 0 Å². The largest absolute Gasteiger partial charge is 0.493 e. The van der Waals surface area contributed by atoms with E-state index in [4.69, 9.17) is 19.2 Å². The predicted octanol–water partition coefficient (Wildman–Crippen LogP) is 6.15. The molecule has 7 heteroatoms. The fourth-order valence-corrected chi connectivity index (χ4v) is 5.32. The molecule has 5 nitrogen and oxygen atoms in total. The summed E-state index contributed by atoms with van der Waals surface area (Å²) in [6.45, 7) is 4.21. The standard InChI is InChI=1S/C23H23BrN2O3S/c1-13-6-7-16(17(24)8-13)19-11-18(25-23-26(19)14(2)12-30-23)15-9-20(27-3)22(29-5)21(10-15)28-4/h6-12,19H,1-5H3. The third-order valence-electron chi connectivity index (χ3n) is 5.17. The minimum atomic E-state index is 0.0211. The maximum atomic E-state index is 5.54. The molecule has 2 aliphatic heterocycles. The third kappa shape index (κ3) is 3.61. The number of methoxy groups -OCH3 is 3. The van der Waals surface area contributed by atoms with Gasteiger partial charge in [-0.05, 0) is 54.7 Å². The molecule has 0 saturated heterocycles. The minimum absolute atomic E-state index is 0.0211. The van der Waals surface area contributed by atoms with Crippen molar-refractivity contribution in [3.8, 4) is 17.2 Å². The second kappa shape index (κ2) is 8.40. The first-order chi connectivity index (χ1) is 14.5. The van der Waals surface area contributed by atoms with Gasteiger partial charge in [0.25, 0.3) is 0 Å². The molecule has 0 N–H and O–H groups in total. The van der Waals surface area contributed by atoms with E-state index in [0.29, 0.717) is 17.2 Å². The molecular formula is C23H23BrN2O3S. The van der Waals surface area contributed by atoms with Crippen molar-refractivity contribution in [2.24, 2.45) is 4.99 Å². The van der Waals surface area contributed by atoms with Crippen LogP contribution in [0.5, 0.6) is 17.2 Å². The van der Waals surface area contributed by atoms with Crippen LogP contribution < -0.4 is 14.2 Å². The number of ether oxygens (including phenoxy) is 3. The van der Waals surface area contributed by atoms with E-state index >= 15 is 0 Å². The van der Waals surface area contributed by atoms with E-state index in [0.717, 1.165) is 20.9 Å². The Kier molecular flexibility index (Phi) is 5.84. The highest BCUT2D eigenvalue weighted by Crippen LogP contribution is 2.45. The number of allylic oxidation sites excluding steroid dienone is 1. The topological polar surface area (TPSA) is 43.3 Å². The van der Waals surface area contributed by atoms with Crippen molar-refractivity contribution >= 4 is 38.6 Å². The second-order valence-electron chi connectivity index (χ2n) is 7.08. The van der Waals surface area contributed by atoms with Crippen molar-refractivity contribution in [1.29, 1.82) is 0 Å². The Balaban J connectivity index is 1.86. The Morgan fingerprint density at radius 1 is 1.00 bits per heavy atom. The summed E-state index contributed by atoms with van der Waals surface area (Å²) in [4.78, 5) is 7.21. The Labute approximate surface area is 189 Å². The molecule has 2 aromatic rings. The molecule has 1 atom stereocenters. The molecule has 2 heterocycles. The number of aliphatic imine (C=N–C) groups is 1. The van der Waals surface area contributed by atoms with Gasteiger partial charge in [-0.1, -0.05) is 39.8 Å². The monoisotopic (exact) mass is 486 g/mol. The average Bonchev–Trinajstić information content (AvgIpc) is 3.13. The summed E-state index contributed by atoms with van der Waals surface area (Å²) >= 11 is 5.40. The lowest BCUT2D eigenvalue weighted by molar-refractivity contribution is 0.324. The van der Waals surface area contributed by atoms with Gasteiger partial charge < -0.3 is 19.1 Å². The summed E-state index contributed by atoms with van der Waals surface area (Å²) in [6, 6.07) is 10.4. The van der Waals surface area contributed by atoms with E-state index < -0.39 is 0 Å². The molecule has 0 saturated carbocycles. The number of aryl methyl sites for hydroxylation is 1. The number of halogens is 1. The number of nitrogens with zero attached hydrogens (tertiary/aromatic N) is 2. The van der Waals surface area contributed by atoms with Crippen LogP contribution in [0.1, 0.15) is 29.7 Å². The first-order valence-corrected chi connectivity index (χ1v) is 11.1. The molecule has 2 aliphatic rings. The highest BCUT2D eigenvalue weighted by molar-refractivity contribution is 9.10. The van der Waals surface area contributed by atoms with Crippen LogP contribution in [0.2, 0.25) is 0 Å². The average molecular weight is 487 g/mol. The Hall–Kier alpha value is -2.38. The molecular weight excluding hydrogens is 464 g/mol. The molecule has 0 bridgehead atoms. The lowest BCUT2D eigenvalue weighted by Gasteiger charge is -2.33. The Bertz CT molecular complexity index is 1070. The van der Waals surface area contributed by atoms with Crippen LogP contribution in [0.15, 0.2) is 57.0 Å². The van der Waals surface area contributed by atoms with Gasteiger partial charge in [-0.3, -0.25) is 0 Å². The van der Waals surface area contributed by atoms with Crippen LogP contribution >= 0.6 is 27.7 Å². The van der Waals surface area contributed by atoms with Crippen molar-refractivity contribution < 1.29 is 14.2 Å². The molecule has 0 amide bonds. The first-order valence-electron chi connectivity index (χ1n) is 9.46. The van der Waals surface area contributed by atoms with Crippen molar-refractivity contribution in [3.63, 3.8) is 0 Å². The molecule has 0 radical (unpaired) electrons. The smallest absolute Gasteiger partial charge is 0.203 e. The lowest BCUT2D eigenvalue weighted by atomic mass is 9.99. The quantitative estimate of drug-likeness (QED) is 0.507. The summed E-state index contributed by atoms with van der Waals surface area (Å²) in [5, 5.41) is 3.09. The van der Waals surface area contributed by atoms with Gasteiger partial charge >= 0.3 is 0 Å². The van der Waals surface area contributed by atoms with Crippen LogP contribution in [-0.4, -0.2) is 31.4 Å². The van der Waals surface area contributed by atoms with Crippen LogP contribution in [-0.2, 0) is 0 Å². The number of rotatable bonds is 5. The van der Waals surface area contributed by atoms with Crippen LogP contribution in [0.3, 0.4) is 0 Å². The molecule has 156 valence electrons. The van der Waals surface area contributed by atoms with Gasteiger partial charge in [0, 0.05) is 15.7 Å². The van der Waals surface area contributed by atoms with E-state index in [-0.39, 0.29) is 6.04 Å². The van der Waals surface area contributed by atoms with Crippen molar-refractivity contribution in [2.45, 2.75) is 19.9 Å². The molecule has 1 unspecified atom stereocenters.